The number of hydrogen-bond donors (Lipinski definition) is 2. The third-order valence-electron chi connectivity index (χ3n) is 3.21. The fourth-order valence-corrected chi connectivity index (χ4v) is 3.21. The van der Waals surface area contributed by atoms with Gasteiger partial charge in [-0.1, -0.05) is 29.8 Å². The van der Waals surface area contributed by atoms with Gasteiger partial charge in [0.05, 0.1) is 5.56 Å². The number of amides is 1. The lowest BCUT2D eigenvalue weighted by Crippen LogP contribution is -2.57. The topological polar surface area (TPSA) is 41.1 Å². The smallest absolute Gasteiger partial charge is 0.405 e. The molecule has 2 N–H and O–H groups in total. The Kier molecular flexibility index (Phi) is 3.22. The molecule has 0 atom stereocenters. The minimum Gasteiger partial charge on any atom is -0.405 e. The lowest BCUT2D eigenvalue weighted by atomic mass is 9.66. The van der Waals surface area contributed by atoms with Crippen molar-refractivity contribution in [3.63, 3.8) is 0 Å². The van der Waals surface area contributed by atoms with Gasteiger partial charge in [-0.2, -0.15) is 0 Å². The summed E-state index contributed by atoms with van der Waals surface area (Å²) < 4.78 is 1.15. The minimum atomic E-state index is -0.171. The van der Waals surface area contributed by atoms with Crippen LogP contribution in [0.25, 0.3) is 0 Å². The summed E-state index contributed by atoms with van der Waals surface area (Å²) in [5.74, 6) is -0.0317. The summed E-state index contributed by atoms with van der Waals surface area (Å²) in [7, 11) is 0. The number of carbonyl (C=O) groups is 1. The first kappa shape index (κ1) is 12.5. The standard InChI is InChI=1S/C14H12BIN2O/c1-9-6-7-11(12(16)8-9)15-17-13-5-3-2-4-10(13)14(19)18-15/h2-8,17H,1H3,(H,18,19). The Balaban J connectivity index is 1.99. The largest absolute Gasteiger partial charge is 0.409 e. The van der Waals surface area contributed by atoms with E-state index in [0.717, 1.165) is 14.7 Å². The number of carbonyl (C=O) groups excluding carboxylic acids is 1. The van der Waals surface area contributed by atoms with Gasteiger partial charge in [0.1, 0.15) is 0 Å². The van der Waals surface area contributed by atoms with Crippen LogP contribution in [0.1, 0.15) is 15.9 Å². The van der Waals surface area contributed by atoms with E-state index in [9.17, 15) is 4.79 Å². The number of anilines is 1. The molecular formula is C14H12BIN2O. The van der Waals surface area contributed by atoms with E-state index in [1.165, 1.54) is 5.56 Å². The van der Waals surface area contributed by atoms with E-state index in [2.05, 4.69) is 58.2 Å². The van der Waals surface area contributed by atoms with Crippen molar-refractivity contribution in [2.45, 2.75) is 6.92 Å². The zero-order valence-electron chi connectivity index (χ0n) is 10.4. The number of halogens is 1. The second kappa shape index (κ2) is 4.88. The molecule has 1 aliphatic heterocycles. The lowest BCUT2D eigenvalue weighted by molar-refractivity contribution is 0.0979. The first-order valence-electron chi connectivity index (χ1n) is 6.07. The van der Waals surface area contributed by atoms with Crippen molar-refractivity contribution in [3.8, 4) is 0 Å². The molecule has 19 heavy (non-hydrogen) atoms. The van der Waals surface area contributed by atoms with Gasteiger partial charge < -0.3 is 10.5 Å². The first-order chi connectivity index (χ1) is 9.15. The normalized spacial score (nSPS) is 13.6. The summed E-state index contributed by atoms with van der Waals surface area (Å²) >= 11 is 2.30. The number of nitrogens with one attached hydrogen (secondary N) is 2. The third kappa shape index (κ3) is 2.34. The van der Waals surface area contributed by atoms with Crippen LogP contribution in [0.4, 0.5) is 5.69 Å². The lowest BCUT2D eigenvalue weighted by Gasteiger charge is -2.25. The summed E-state index contributed by atoms with van der Waals surface area (Å²) in [6.07, 6.45) is 0. The molecule has 0 bridgehead atoms. The molecule has 0 aromatic heterocycles. The summed E-state index contributed by atoms with van der Waals surface area (Å²) in [5, 5.41) is 6.36. The van der Waals surface area contributed by atoms with E-state index in [4.69, 9.17) is 0 Å². The molecular weight excluding hydrogens is 350 g/mol. The number of aryl methyl sites for hydroxylation is 1. The average Bonchev–Trinajstić information content (AvgIpc) is 2.38. The Bertz CT molecular complexity index is 660. The van der Waals surface area contributed by atoms with Crippen molar-refractivity contribution in [3.05, 3.63) is 57.2 Å². The van der Waals surface area contributed by atoms with Gasteiger partial charge in [-0.05, 0) is 53.2 Å². The van der Waals surface area contributed by atoms with Gasteiger partial charge in [0, 0.05) is 9.26 Å². The van der Waals surface area contributed by atoms with Gasteiger partial charge in [-0.3, -0.25) is 4.79 Å². The minimum absolute atomic E-state index is 0.0317. The Hall–Kier alpha value is -1.50. The molecule has 3 rings (SSSR count). The molecule has 2 aromatic carbocycles. The molecule has 0 aliphatic carbocycles. The van der Waals surface area contributed by atoms with E-state index in [0.29, 0.717) is 5.56 Å². The van der Waals surface area contributed by atoms with Crippen LogP contribution in [-0.2, 0) is 0 Å². The molecule has 1 amide bonds. The monoisotopic (exact) mass is 362 g/mol. The highest BCUT2D eigenvalue weighted by Gasteiger charge is 2.29. The van der Waals surface area contributed by atoms with Crippen LogP contribution >= 0.6 is 22.6 Å². The Morgan fingerprint density at radius 1 is 1.11 bits per heavy atom. The Morgan fingerprint density at radius 2 is 1.89 bits per heavy atom. The fourth-order valence-electron chi connectivity index (χ4n) is 2.23. The van der Waals surface area contributed by atoms with Gasteiger partial charge in [-0.25, -0.2) is 0 Å². The van der Waals surface area contributed by atoms with Gasteiger partial charge in [0.25, 0.3) is 0 Å². The van der Waals surface area contributed by atoms with Gasteiger partial charge in [0.2, 0.25) is 5.91 Å². The molecule has 0 radical (unpaired) electrons. The Morgan fingerprint density at radius 3 is 2.68 bits per heavy atom. The van der Waals surface area contributed by atoms with Crippen molar-refractivity contribution >= 4 is 46.6 Å². The highest BCUT2D eigenvalue weighted by molar-refractivity contribution is 14.1. The number of hydrogen-bond acceptors (Lipinski definition) is 2. The van der Waals surface area contributed by atoms with Gasteiger partial charge >= 0.3 is 6.98 Å². The molecule has 0 spiro atoms. The first-order valence-corrected chi connectivity index (χ1v) is 7.15. The van der Waals surface area contributed by atoms with Crippen LogP contribution in [0, 0.1) is 10.5 Å². The Labute approximate surface area is 126 Å². The zero-order chi connectivity index (χ0) is 13.4. The molecule has 0 fully saturated rings. The van der Waals surface area contributed by atoms with Crippen molar-refractivity contribution in [2.75, 3.05) is 5.23 Å². The molecule has 1 aliphatic rings. The fraction of sp³-hybridized carbons (Fsp3) is 0.0714. The molecule has 2 aromatic rings. The second-order valence-electron chi connectivity index (χ2n) is 4.62. The van der Waals surface area contributed by atoms with Crippen LogP contribution in [0.15, 0.2) is 42.5 Å². The second-order valence-corrected chi connectivity index (χ2v) is 5.78. The van der Waals surface area contributed by atoms with Crippen LogP contribution in [0.3, 0.4) is 0 Å². The number of para-hydroxylation sites is 1. The molecule has 0 saturated carbocycles. The number of rotatable bonds is 1. The molecule has 0 saturated heterocycles. The zero-order valence-corrected chi connectivity index (χ0v) is 12.6. The SMILES string of the molecule is Cc1ccc(B2NC(=O)c3ccccc3N2)c(I)c1. The van der Waals surface area contributed by atoms with Crippen molar-refractivity contribution < 1.29 is 4.79 Å². The van der Waals surface area contributed by atoms with Crippen LogP contribution in [0.2, 0.25) is 0 Å². The molecule has 0 unspecified atom stereocenters. The van der Waals surface area contributed by atoms with E-state index < -0.39 is 0 Å². The van der Waals surface area contributed by atoms with Crippen LogP contribution in [-0.4, -0.2) is 12.9 Å². The predicted molar refractivity (Wildman–Crippen MR) is 86.8 cm³/mol. The van der Waals surface area contributed by atoms with Crippen molar-refractivity contribution in [1.29, 1.82) is 0 Å². The molecule has 5 heteroatoms. The molecule has 94 valence electrons. The van der Waals surface area contributed by atoms with Crippen molar-refractivity contribution in [2.24, 2.45) is 0 Å². The highest BCUT2D eigenvalue weighted by Crippen LogP contribution is 2.19. The molecule has 3 nitrogen and oxygen atoms in total. The average molecular weight is 362 g/mol. The maximum Gasteiger partial charge on any atom is 0.409 e. The summed E-state index contributed by atoms with van der Waals surface area (Å²) in [5.41, 5.74) is 3.89. The number of fused-ring (bicyclic) bond motifs is 1. The predicted octanol–water partition coefficient (Wildman–Crippen LogP) is 2.15. The highest BCUT2D eigenvalue weighted by atomic mass is 127. The van der Waals surface area contributed by atoms with E-state index in [1.54, 1.807) is 0 Å². The third-order valence-corrected chi connectivity index (χ3v) is 4.15. The number of benzene rings is 2. The van der Waals surface area contributed by atoms with E-state index in [1.807, 2.05) is 24.3 Å². The van der Waals surface area contributed by atoms with Gasteiger partial charge in [-0.15, -0.1) is 0 Å². The summed E-state index contributed by atoms with van der Waals surface area (Å²) in [4.78, 5) is 12.1. The molecule has 1 heterocycles. The van der Waals surface area contributed by atoms with Crippen LogP contribution in [0.5, 0.6) is 0 Å². The van der Waals surface area contributed by atoms with Gasteiger partial charge in [0.15, 0.2) is 0 Å². The van der Waals surface area contributed by atoms with E-state index >= 15 is 0 Å². The van der Waals surface area contributed by atoms with Crippen molar-refractivity contribution in [1.82, 2.24) is 5.23 Å². The summed E-state index contributed by atoms with van der Waals surface area (Å²) in [6, 6.07) is 13.8. The van der Waals surface area contributed by atoms with Crippen LogP contribution < -0.4 is 15.9 Å². The maximum absolute atomic E-state index is 12.1. The summed E-state index contributed by atoms with van der Waals surface area (Å²) in [6.45, 7) is 1.89. The quantitative estimate of drug-likeness (QED) is 0.603. The maximum atomic E-state index is 12.1. The van der Waals surface area contributed by atoms with E-state index in [-0.39, 0.29) is 12.9 Å².